The van der Waals surface area contributed by atoms with Crippen molar-refractivity contribution >= 4 is 17.6 Å². The Kier molecular flexibility index (Phi) is 5.73. The zero-order valence-corrected chi connectivity index (χ0v) is 17.5. The summed E-state index contributed by atoms with van der Waals surface area (Å²) >= 11 is 5.62. The van der Waals surface area contributed by atoms with Gasteiger partial charge in [0.05, 0.1) is 17.8 Å². The van der Waals surface area contributed by atoms with E-state index in [1.807, 2.05) is 0 Å². The lowest BCUT2D eigenvalue weighted by atomic mass is 9.91. The first-order chi connectivity index (χ1) is 14.6. The molecular formula is C19H20ClF2N3O6. The number of methoxy groups -OCH3 is 1. The number of hydrogen-bond donors (Lipinski definition) is 1. The molecule has 2 fully saturated rings. The molecule has 12 heteroatoms. The van der Waals surface area contributed by atoms with E-state index >= 15 is 0 Å². The van der Waals surface area contributed by atoms with Crippen molar-refractivity contribution in [1.82, 2.24) is 15.0 Å². The van der Waals surface area contributed by atoms with Crippen molar-refractivity contribution in [1.29, 1.82) is 0 Å². The topological polar surface area (TPSA) is 105 Å². The number of hydrogen-bond acceptors (Lipinski definition) is 7. The molecule has 2 aliphatic heterocycles. The Bertz CT molecular complexity index is 1000. The van der Waals surface area contributed by atoms with E-state index in [2.05, 4.69) is 10.3 Å². The maximum absolute atomic E-state index is 14.4. The van der Waals surface area contributed by atoms with Crippen LogP contribution in [0.15, 0.2) is 18.3 Å². The van der Waals surface area contributed by atoms with Crippen LogP contribution in [0.1, 0.15) is 19.9 Å². The summed E-state index contributed by atoms with van der Waals surface area (Å²) in [6.07, 6.45) is -2.39. The molecule has 0 saturated carbocycles. The Morgan fingerprint density at radius 3 is 2.77 bits per heavy atom. The number of benzene rings is 1. The summed E-state index contributed by atoms with van der Waals surface area (Å²) in [5.41, 5.74) is -0.113. The summed E-state index contributed by atoms with van der Waals surface area (Å²) in [5.74, 6) is -4.56. The van der Waals surface area contributed by atoms with Gasteiger partial charge < -0.3 is 24.1 Å². The molecule has 0 aliphatic carbocycles. The van der Waals surface area contributed by atoms with Crippen LogP contribution in [-0.2, 0) is 23.7 Å². The molecule has 1 aromatic heterocycles. The molecule has 0 spiro atoms. The van der Waals surface area contributed by atoms with Crippen molar-refractivity contribution in [2.75, 3.05) is 13.7 Å². The number of aliphatic carboxylic acids is 1. The molecule has 1 aromatic carbocycles. The highest BCUT2D eigenvalue weighted by molar-refractivity contribution is 6.30. The van der Waals surface area contributed by atoms with Gasteiger partial charge in [-0.05, 0) is 26.0 Å². The molecule has 3 heterocycles. The molecule has 0 bridgehead atoms. The third kappa shape index (κ3) is 3.92. The third-order valence-electron chi connectivity index (χ3n) is 5.32. The average molecular weight is 460 g/mol. The number of halogens is 3. The van der Waals surface area contributed by atoms with Crippen molar-refractivity contribution in [3.8, 4) is 11.3 Å². The van der Waals surface area contributed by atoms with Crippen molar-refractivity contribution in [2.24, 2.45) is 0 Å². The van der Waals surface area contributed by atoms with Crippen LogP contribution in [0, 0.1) is 11.6 Å². The predicted molar refractivity (Wildman–Crippen MR) is 101 cm³/mol. The molecule has 0 unspecified atom stereocenters. The van der Waals surface area contributed by atoms with E-state index in [0.29, 0.717) is 0 Å². The quantitative estimate of drug-likeness (QED) is 0.695. The van der Waals surface area contributed by atoms with E-state index in [1.165, 1.54) is 30.1 Å². The highest BCUT2D eigenvalue weighted by Crippen LogP contribution is 2.39. The number of carbonyl (C=O) groups is 1. The first kappa shape index (κ1) is 22.0. The zero-order chi connectivity index (χ0) is 22.5. The molecule has 168 valence electrons. The number of ether oxygens (including phenoxy) is 4. The first-order valence-electron chi connectivity index (χ1n) is 9.41. The second kappa shape index (κ2) is 8.06. The molecule has 1 N–H and O–H groups in total. The van der Waals surface area contributed by atoms with Crippen LogP contribution in [0.4, 0.5) is 8.78 Å². The number of carboxylic acid groups (broad SMARTS) is 1. The third-order valence-corrected chi connectivity index (χ3v) is 5.61. The predicted octanol–water partition coefficient (Wildman–Crippen LogP) is 2.44. The largest absolute Gasteiger partial charge is 0.479 e. The highest BCUT2D eigenvalue weighted by Gasteiger charge is 2.54. The van der Waals surface area contributed by atoms with E-state index in [-0.39, 0.29) is 22.9 Å². The smallest absolute Gasteiger partial charge is 0.335 e. The van der Waals surface area contributed by atoms with Gasteiger partial charge in [0, 0.05) is 12.7 Å². The summed E-state index contributed by atoms with van der Waals surface area (Å²) in [5, 5.41) is 17.3. The summed E-state index contributed by atoms with van der Waals surface area (Å²) in [6, 6.07) is 1.69. The second-order valence-corrected chi connectivity index (χ2v) is 8.13. The van der Waals surface area contributed by atoms with Crippen molar-refractivity contribution < 1.29 is 37.6 Å². The molecule has 0 amide bonds. The molecule has 2 aromatic rings. The SMILES string of the molecule is CO[C@@H]1[C@@H](n2cc(-c3ccc(Cl)c(F)c3F)nn2)[C@H]2OC(C)(C)OC[C@H]2O[C@H]1C(=O)O. The van der Waals surface area contributed by atoms with Crippen LogP contribution in [0.2, 0.25) is 5.02 Å². The van der Waals surface area contributed by atoms with Gasteiger partial charge in [0.25, 0.3) is 0 Å². The maximum atomic E-state index is 14.4. The van der Waals surface area contributed by atoms with Gasteiger partial charge in [0.15, 0.2) is 23.5 Å². The average Bonchev–Trinajstić information content (AvgIpc) is 3.19. The second-order valence-electron chi connectivity index (χ2n) is 7.72. The normalized spacial score (nSPS) is 30.1. The summed E-state index contributed by atoms with van der Waals surface area (Å²) in [6.45, 7) is 3.51. The molecule has 2 saturated heterocycles. The molecule has 31 heavy (non-hydrogen) atoms. The van der Waals surface area contributed by atoms with E-state index in [0.717, 1.165) is 0 Å². The van der Waals surface area contributed by atoms with Gasteiger partial charge in [-0.1, -0.05) is 16.8 Å². The van der Waals surface area contributed by atoms with Crippen LogP contribution in [-0.4, -0.2) is 70.0 Å². The Balaban J connectivity index is 1.76. The van der Waals surface area contributed by atoms with Gasteiger partial charge in [-0.2, -0.15) is 0 Å². The van der Waals surface area contributed by atoms with Gasteiger partial charge in [-0.15, -0.1) is 5.10 Å². The lowest BCUT2D eigenvalue weighted by molar-refractivity contribution is -0.347. The lowest BCUT2D eigenvalue weighted by Crippen LogP contribution is -2.64. The Hall–Kier alpha value is -2.18. The standard InChI is InChI=1S/C19H20ClF2N3O6/c1-19(2)29-7-11-15(31-19)14(16(28-3)17(30-11)18(26)27)25-6-10(23-24-25)8-4-5-9(20)13(22)12(8)21/h4-6,11,14-17H,7H2,1-3H3,(H,26,27)/t11-,14+,15+,16-,17-/m1/s1. The van der Waals surface area contributed by atoms with E-state index in [9.17, 15) is 18.7 Å². The number of nitrogens with zero attached hydrogens (tertiary/aromatic N) is 3. The summed E-state index contributed by atoms with van der Waals surface area (Å²) in [4.78, 5) is 11.8. The summed E-state index contributed by atoms with van der Waals surface area (Å²) in [7, 11) is 1.34. The van der Waals surface area contributed by atoms with Gasteiger partial charge in [-0.3, -0.25) is 0 Å². The Morgan fingerprint density at radius 2 is 2.10 bits per heavy atom. The number of fused-ring (bicyclic) bond motifs is 1. The van der Waals surface area contributed by atoms with E-state index in [4.69, 9.17) is 30.5 Å². The fraction of sp³-hybridized carbons (Fsp3) is 0.526. The zero-order valence-electron chi connectivity index (χ0n) is 16.8. The molecular weight excluding hydrogens is 440 g/mol. The minimum Gasteiger partial charge on any atom is -0.479 e. The molecule has 2 aliphatic rings. The van der Waals surface area contributed by atoms with Crippen molar-refractivity contribution in [2.45, 2.75) is 50.1 Å². The van der Waals surface area contributed by atoms with Crippen LogP contribution in [0.5, 0.6) is 0 Å². The van der Waals surface area contributed by atoms with E-state index in [1.54, 1.807) is 13.8 Å². The van der Waals surface area contributed by atoms with Crippen LogP contribution in [0.3, 0.4) is 0 Å². The molecule has 5 atom stereocenters. The highest BCUT2D eigenvalue weighted by atomic mass is 35.5. The minimum absolute atomic E-state index is 0.0316. The van der Waals surface area contributed by atoms with E-state index < -0.39 is 53.8 Å². The van der Waals surface area contributed by atoms with Crippen LogP contribution in [0.25, 0.3) is 11.3 Å². The number of aromatic nitrogens is 3. The first-order valence-corrected chi connectivity index (χ1v) is 9.79. The number of rotatable bonds is 4. The molecule has 4 rings (SSSR count). The Labute approximate surface area is 180 Å². The number of carboxylic acids is 1. The van der Waals surface area contributed by atoms with Crippen LogP contribution >= 0.6 is 11.6 Å². The maximum Gasteiger partial charge on any atom is 0.335 e. The van der Waals surface area contributed by atoms with Crippen molar-refractivity contribution in [3.05, 3.63) is 35.0 Å². The van der Waals surface area contributed by atoms with Gasteiger partial charge in [0.1, 0.15) is 30.0 Å². The van der Waals surface area contributed by atoms with Gasteiger partial charge >= 0.3 is 5.97 Å². The molecule has 9 nitrogen and oxygen atoms in total. The van der Waals surface area contributed by atoms with Gasteiger partial charge in [-0.25, -0.2) is 18.3 Å². The summed E-state index contributed by atoms with van der Waals surface area (Å²) < 4.78 is 52.4. The monoisotopic (exact) mass is 459 g/mol. The van der Waals surface area contributed by atoms with Crippen molar-refractivity contribution in [3.63, 3.8) is 0 Å². The fourth-order valence-electron chi connectivity index (χ4n) is 3.89. The fourth-order valence-corrected chi connectivity index (χ4v) is 4.03. The lowest BCUT2D eigenvalue weighted by Gasteiger charge is -2.50. The Morgan fingerprint density at radius 1 is 1.35 bits per heavy atom. The van der Waals surface area contributed by atoms with Crippen LogP contribution < -0.4 is 0 Å². The molecule has 0 radical (unpaired) electrons. The minimum atomic E-state index is -1.33. The van der Waals surface area contributed by atoms with Gasteiger partial charge in [0.2, 0.25) is 0 Å².